The van der Waals surface area contributed by atoms with Crippen LogP contribution in [-0.2, 0) is 4.79 Å². The summed E-state index contributed by atoms with van der Waals surface area (Å²) in [5, 5.41) is 1.86. The lowest BCUT2D eigenvalue weighted by Crippen LogP contribution is -2.41. The average molecular weight is 240 g/mol. The summed E-state index contributed by atoms with van der Waals surface area (Å²) in [4.78, 5) is 13.0. The predicted molar refractivity (Wildman–Crippen MR) is 56.1 cm³/mol. The lowest BCUT2D eigenvalue weighted by atomic mass is 10.3. The molecule has 0 spiro atoms. The second-order valence-corrected chi connectivity index (χ2v) is 3.61. The van der Waals surface area contributed by atoms with Crippen molar-refractivity contribution in [2.45, 2.75) is 32.9 Å². The lowest BCUT2D eigenvalue weighted by Gasteiger charge is -2.19. The zero-order chi connectivity index (χ0) is 12.6. The van der Waals surface area contributed by atoms with Crippen molar-refractivity contribution in [1.29, 1.82) is 0 Å². The van der Waals surface area contributed by atoms with Crippen LogP contribution in [0.15, 0.2) is 0 Å². The van der Waals surface area contributed by atoms with Crippen molar-refractivity contribution in [2.75, 3.05) is 26.2 Å². The average Bonchev–Trinajstić information content (AvgIpc) is 2.20. The summed E-state index contributed by atoms with van der Waals surface area (Å²) in [6, 6.07) is 0. The van der Waals surface area contributed by atoms with Gasteiger partial charge >= 0.3 is 6.18 Å². The molecule has 0 aromatic carbocycles. The highest BCUT2D eigenvalue weighted by molar-refractivity contribution is 5.78. The number of hydrogen-bond donors (Lipinski definition) is 1. The third kappa shape index (κ3) is 8.52. The highest BCUT2D eigenvalue weighted by atomic mass is 19.4. The van der Waals surface area contributed by atoms with E-state index in [0.29, 0.717) is 6.54 Å². The molecule has 0 saturated carbocycles. The van der Waals surface area contributed by atoms with Crippen molar-refractivity contribution in [3.63, 3.8) is 0 Å². The molecule has 0 aromatic rings. The van der Waals surface area contributed by atoms with Gasteiger partial charge in [-0.2, -0.15) is 13.2 Å². The van der Waals surface area contributed by atoms with E-state index >= 15 is 0 Å². The lowest BCUT2D eigenvalue weighted by molar-refractivity contribution is -0.139. The maximum absolute atomic E-state index is 11.8. The van der Waals surface area contributed by atoms with Crippen LogP contribution in [-0.4, -0.2) is 43.2 Å². The molecule has 0 atom stereocenters. The maximum atomic E-state index is 11.8. The van der Waals surface area contributed by atoms with Gasteiger partial charge in [0.15, 0.2) is 0 Å². The van der Waals surface area contributed by atoms with Crippen LogP contribution in [0.2, 0.25) is 0 Å². The van der Waals surface area contributed by atoms with Gasteiger partial charge in [-0.25, -0.2) is 0 Å². The van der Waals surface area contributed by atoms with Gasteiger partial charge < -0.3 is 5.32 Å². The van der Waals surface area contributed by atoms with E-state index in [1.165, 1.54) is 0 Å². The molecule has 0 aliphatic heterocycles. The fraction of sp³-hybridized carbons (Fsp3) is 0.900. The molecule has 0 aliphatic carbocycles. The number of hydrogen-bond acceptors (Lipinski definition) is 2. The number of unbranched alkanes of at least 4 members (excludes halogenated alkanes) is 1. The van der Waals surface area contributed by atoms with E-state index in [-0.39, 0.29) is 6.54 Å². The van der Waals surface area contributed by atoms with Gasteiger partial charge in [-0.15, -0.1) is 0 Å². The van der Waals surface area contributed by atoms with Crippen LogP contribution in [0.5, 0.6) is 0 Å². The van der Waals surface area contributed by atoms with Crippen molar-refractivity contribution < 1.29 is 18.0 Å². The molecule has 0 aliphatic rings. The number of nitrogens with zero attached hydrogens (tertiary/aromatic N) is 1. The number of carbonyl (C=O) groups excluding carboxylic acids is 1. The number of rotatable bonds is 7. The minimum Gasteiger partial charge on any atom is -0.346 e. The molecular formula is C10H19F3N2O. The van der Waals surface area contributed by atoms with Crippen LogP contribution in [0.1, 0.15) is 26.7 Å². The Kier molecular flexibility index (Phi) is 7.12. The predicted octanol–water partition coefficient (Wildman–Crippen LogP) is 1.79. The number of likely N-dealkylation sites (N-methyl/N-ethyl adjacent to an activating group) is 1. The Labute approximate surface area is 94.0 Å². The Balaban J connectivity index is 3.83. The van der Waals surface area contributed by atoms with Crippen LogP contribution in [0.3, 0.4) is 0 Å². The number of carbonyl (C=O) groups is 1. The topological polar surface area (TPSA) is 32.3 Å². The largest absolute Gasteiger partial charge is 0.405 e. The summed E-state index contributed by atoms with van der Waals surface area (Å²) in [7, 11) is 0. The van der Waals surface area contributed by atoms with Gasteiger partial charge in [-0.1, -0.05) is 20.3 Å². The Morgan fingerprint density at radius 3 is 2.38 bits per heavy atom. The fourth-order valence-electron chi connectivity index (χ4n) is 1.19. The summed E-state index contributed by atoms with van der Waals surface area (Å²) < 4.78 is 35.4. The van der Waals surface area contributed by atoms with Gasteiger partial charge in [-0.05, 0) is 19.5 Å². The monoisotopic (exact) mass is 240 g/mol. The SMILES string of the molecule is CCCCN(CC)CC(=O)NCC(F)(F)F. The molecule has 0 aromatic heterocycles. The summed E-state index contributed by atoms with van der Waals surface area (Å²) in [6.45, 7) is 4.10. The molecule has 0 rings (SSSR count). The first-order valence-corrected chi connectivity index (χ1v) is 5.44. The van der Waals surface area contributed by atoms with Crippen LogP contribution in [0, 0.1) is 0 Å². The quantitative estimate of drug-likeness (QED) is 0.735. The smallest absolute Gasteiger partial charge is 0.346 e. The zero-order valence-corrected chi connectivity index (χ0v) is 9.73. The molecule has 6 heteroatoms. The second-order valence-electron chi connectivity index (χ2n) is 3.61. The Morgan fingerprint density at radius 1 is 1.31 bits per heavy atom. The molecule has 3 nitrogen and oxygen atoms in total. The Morgan fingerprint density at radius 2 is 1.94 bits per heavy atom. The van der Waals surface area contributed by atoms with Gasteiger partial charge in [0.1, 0.15) is 6.54 Å². The number of alkyl halides is 3. The molecule has 0 unspecified atom stereocenters. The van der Waals surface area contributed by atoms with Crippen LogP contribution in [0.25, 0.3) is 0 Å². The molecule has 1 N–H and O–H groups in total. The molecule has 0 heterocycles. The standard InChI is InChI=1S/C10H19F3N2O/c1-3-5-6-15(4-2)7-9(16)14-8-10(11,12)13/h3-8H2,1-2H3,(H,14,16). The molecule has 1 amide bonds. The normalized spacial score (nSPS) is 11.9. The highest BCUT2D eigenvalue weighted by Crippen LogP contribution is 2.11. The van der Waals surface area contributed by atoms with Gasteiger partial charge in [0.25, 0.3) is 0 Å². The van der Waals surface area contributed by atoms with Crippen LogP contribution >= 0.6 is 0 Å². The molecule has 0 saturated heterocycles. The van der Waals surface area contributed by atoms with Crippen molar-refractivity contribution in [3.05, 3.63) is 0 Å². The van der Waals surface area contributed by atoms with Crippen LogP contribution in [0.4, 0.5) is 13.2 Å². The Bertz CT molecular complexity index is 207. The summed E-state index contributed by atoms with van der Waals surface area (Å²) in [6.07, 6.45) is -2.39. The summed E-state index contributed by atoms with van der Waals surface area (Å²) in [5.41, 5.74) is 0. The van der Waals surface area contributed by atoms with E-state index in [9.17, 15) is 18.0 Å². The first-order chi connectivity index (χ1) is 7.39. The van der Waals surface area contributed by atoms with E-state index in [2.05, 4.69) is 0 Å². The highest BCUT2D eigenvalue weighted by Gasteiger charge is 2.27. The van der Waals surface area contributed by atoms with Gasteiger partial charge in [0.2, 0.25) is 5.91 Å². The fourth-order valence-corrected chi connectivity index (χ4v) is 1.19. The first-order valence-electron chi connectivity index (χ1n) is 5.44. The first kappa shape index (κ1) is 15.2. The van der Waals surface area contributed by atoms with E-state index in [4.69, 9.17) is 0 Å². The van der Waals surface area contributed by atoms with Gasteiger partial charge in [0, 0.05) is 0 Å². The summed E-state index contributed by atoms with van der Waals surface area (Å²) >= 11 is 0. The van der Waals surface area contributed by atoms with Crippen molar-refractivity contribution in [2.24, 2.45) is 0 Å². The molecular weight excluding hydrogens is 221 g/mol. The third-order valence-corrected chi connectivity index (χ3v) is 2.13. The van der Waals surface area contributed by atoms with E-state index < -0.39 is 18.6 Å². The molecule has 96 valence electrons. The zero-order valence-electron chi connectivity index (χ0n) is 9.73. The minimum atomic E-state index is -4.34. The van der Waals surface area contributed by atoms with Gasteiger partial charge in [0.05, 0.1) is 6.54 Å². The second kappa shape index (κ2) is 7.49. The molecule has 0 fully saturated rings. The van der Waals surface area contributed by atoms with Crippen molar-refractivity contribution in [3.8, 4) is 0 Å². The molecule has 0 radical (unpaired) electrons. The number of nitrogens with one attached hydrogen (secondary N) is 1. The number of amides is 1. The van der Waals surface area contributed by atoms with Crippen molar-refractivity contribution >= 4 is 5.91 Å². The van der Waals surface area contributed by atoms with E-state index in [1.807, 2.05) is 24.1 Å². The van der Waals surface area contributed by atoms with Crippen molar-refractivity contribution in [1.82, 2.24) is 10.2 Å². The number of halogens is 3. The van der Waals surface area contributed by atoms with Crippen LogP contribution < -0.4 is 5.32 Å². The summed E-state index contributed by atoms with van der Waals surface area (Å²) in [5.74, 6) is -0.574. The Hall–Kier alpha value is -0.780. The molecule has 0 bridgehead atoms. The van der Waals surface area contributed by atoms with E-state index in [1.54, 1.807) is 0 Å². The molecule has 16 heavy (non-hydrogen) atoms. The third-order valence-electron chi connectivity index (χ3n) is 2.13. The maximum Gasteiger partial charge on any atom is 0.405 e. The van der Waals surface area contributed by atoms with Gasteiger partial charge in [-0.3, -0.25) is 9.69 Å². The minimum absolute atomic E-state index is 0.0343. The van der Waals surface area contributed by atoms with E-state index in [0.717, 1.165) is 19.4 Å².